The number of rotatable bonds is 2. The van der Waals surface area contributed by atoms with E-state index in [1.165, 1.54) is 0 Å². The number of hydrogen-bond acceptors (Lipinski definition) is 2. The van der Waals surface area contributed by atoms with Gasteiger partial charge in [0.2, 0.25) is 0 Å². The molecule has 0 atom stereocenters. The van der Waals surface area contributed by atoms with Crippen LogP contribution in [-0.2, 0) is 0 Å². The van der Waals surface area contributed by atoms with E-state index in [1.54, 1.807) is 0 Å². The molecule has 1 aromatic rings. The first-order valence-corrected chi connectivity index (χ1v) is 5.77. The van der Waals surface area contributed by atoms with Gasteiger partial charge in [0, 0.05) is 0 Å². The van der Waals surface area contributed by atoms with Crippen LogP contribution in [-0.4, -0.2) is 19.2 Å². The monoisotopic (exact) mass is 225 g/mol. The minimum absolute atomic E-state index is 0.312. The van der Waals surface area contributed by atoms with Gasteiger partial charge in [0.05, 0.1) is 5.02 Å². The number of hydrogen-bond donors (Lipinski definition) is 1. The third-order valence-corrected chi connectivity index (χ3v) is 2.96. The van der Waals surface area contributed by atoms with E-state index in [0.29, 0.717) is 11.1 Å². The zero-order valence-corrected chi connectivity index (χ0v) is 9.68. The average Bonchev–Trinajstić information content (AvgIpc) is 2.24. The molecule has 1 aromatic carbocycles. The van der Waals surface area contributed by atoms with Crippen molar-refractivity contribution < 1.29 is 4.74 Å². The van der Waals surface area contributed by atoms with Crippen LogP contribution in [0.5, 0.6) is 5.75 Å². The largest absolute Gasteiger partial charge is 0.489 e. The number of aryl methyl sites for hydroxylation is 1. The van der Waals surface area contributed by atoms with Crippen molar-refractivity contribution in [2.24, 2.45) is 0 Å². The first-order chi connectivity index (χ1) is 7.25. The average molecular weight is 226 g/mol. The molecular formula is C12H16ClNO. The second-order valence-corrected chi connectivity index (χ2v) is 4.41. The Balaban J connectivity index is 2.03. The van der Waals surface area contributed by atoms with Gasteiger partial charge >= 0.3 is 0 Å². The lowest BCUT2D eigenvalue weighted by Crippen LogP contribution is -2.34. The summed E-state index contributed by atoms with van der Waals surface area (Å²) in [6.45, 7) is 4.10. The van der Waals surface area contributed by atoms with Crippen LogP contribution in [0.4, 0.5) is 0 Å². The van der Waals surface area contributed by atoms with Crippen molar-refractivity contribution >= 4 is 11.6 Å². The maximum absolute atomic E-state index is 6.11. The van der Waals surface area contributed by atoms with Gasteiger partial charge in [-0.1, -0.05) is 17.7 Å². The molecule has 2 nitrogen and oxygen atoms in total. The summed E-state index contributed by atoms with van der Waals surface area (Å²) in [4.78, 5) is 0. The van der Waals surface area contributed by atoms with Gasteiger partial charge in [0.1, 0.15) is 11.9 Å². The Morgan fingerprint density at radius 2 is 2.07 bits per heavy atom. The zero-order valence-electron chi connectivity index (χ0n) is 8.92. The van der Waals surface area contributed by atoms with E-state index in [-0.39, 0.29) is 0 Å². The molecule has 1 aliphatic heterocycles. The number of nitrogens with one attached hydrogen (secondary N) is 1. The lowest BCUT2D eigenvalue weighted by Gasteiger charge is -2.24. The molecule has 1 saturated heterocycles. The molecule has 0 amide bonds. The number of halogens is 1. The van der Waals surface area contributed by atoms with Crippen LogP contribution in [0.3, 0.4) is 0 Å². The van der Waals surface area contributed by atoms with Crippen LogP contribution in [0, 0.1) is 6.92 Å². The standard InChI is InChI=1S/C12H16ClNO/c1-9-2-3-12(11(13)8-9)15-10-4-6-14-7-5-10/h2-3,8,10,14H,4-7H2,1H3. The molecule has 0 aromatic heterocycles. The SMILES string of the molecule is Cc1ccc(OC2CCNCC2)c(Cl)c1. The van der Waals surface area contributed by atoms with E-state index in [9.17, 15) is 0 Å². The van der Waals surface area contributed by atoms with Gasteiger partial charge in [0.15, 0.2) is 0 Å². The van der Waals surface area contributed by atoms with E-state index in [0.717, 1.165) is 37.2 Å². The molecule has 1 N–H and O–H groups in total. The molecule has 0 unspecified atom stereocenters. The third-order valence-electron chi connectivity index (χ3n) is 2.67. The molecule has 1 aliphatic rings. The summed E-state index contributed by atoms with van der Waals surface area (Å²) in [6.07, 6.45) is 2.43. The first kappa shape index (κ1) is 10.8. The van der Waals surface area contributed by atoms with Gasteiger partial charge in [-0.25, -0.2) is 0 Å². The fraction of sp³-hybridized carbons (Fsp3) is 0.500. The molecule has 0 radical (unpaired) electrons. The van der Waals surface area contributed by atoms with Crippen LogP contribution >= 0.6 is 11.6 Å². The van der Waals surface area contributed by atoms with Gasteiger partial charge in [-0.05, 0) is 50.6 Å². The zero-order chi connectivity index (χ0) is 10.7. The predicted octanol–water partition coefficient (Wildman–Crippen LogP) is 2.78. The van der Waals surface area contributed by atoms with Crippen LogP contribution in [0.1, 0.15) is 18.4 Å². The second-order valence-electron chi connectivity index (χ2n) is 4.00. The third kappa shape index (κ3) is 2.86. The highest BCUT2D eigenvalue weighted by Gasteiger charge is 2.15. The summed E-state index contributed by atoms with van der Waals surface area (Å²) in [5.41, 5.74) is 1.16. The Morgan fingerprint density at radius 3 is 2.73 bits per heavy atom. The quantitative estimate of drug-likeness (QED) is 0.836. The van der Waals surface area contributed by atoms with Crippen LogP contribution in [0.2, 0.25) is 5.02 Å². The predicted molar refractivity (Wildman–Crippen MR) is 62.7 cm³/mol. The number of benzene rings is 1. The Kier molecular flexibility index (Phi) is 3.49. The summed E-state index contributed by atoms with van der Waals surface area (Å²) in [5.74, 6) is 0.814. The van der Waals surface area contributed by atoms with Crippen molar-refractivity contribution in [3.63, 3.8) is 0 Å². The van der Waals surface area contributed by atoms with Crippen molar-refractivity contribution in [2.45, 2.75) is 25.9 Å². The maximum Gasteiger partial charge on any atom is 0.138 e. The van der Waals surface area contributed by atoms with Crippen molar-refractivity contribution in [3.8, 4) is 5.75 Å². The van der Waals surface area contributed by atoms with E-state index < -0.39 is 0 Å². The van der Waals surface area contributed by atoms with Gasteiger partial charge in [-0.3, -0.25) is 0 Å². The van der Waals surface area contributed by atoms with Gasteiger partial charge in [-0.2, -0.15) is 0 Å². The van der Waals surface area contributed by atoms with E-state index >= 15 is 0 Å². The highest BCUT2D eigenvalue weighted by molar-refractivity contribution is 6.32. The highest BCUT2D eigenvalue weighted by atomic mass is 35.5. The molecular weight excluding hydrogens is 210 g/mol. The van der Waals surface area contributed by atoms with Crippen LogP contribution in [0.15, 0.2) is 18.2 Å². The lowest BCUT2D eigenvalue weighted by molar-refractivity contribution is 0.162. The Morgan fingerprint density at radius 1 is 1.33 bits per heavy atom. The van der Waals surface area contributed by atoms with E-state index in [4.69, 9.17) is 16.3 Å². The molecule has 0 bridgehead atoms. The first-order valence-electron chi connectivity index (χ1n) is 5.39. The topological polar surface area (TPSA) is 21.3 Å². The molecule has 2 rings (SSSR count). The number of ether oxygens (including phenoxy) is 1. The van der Waals surface area contributed by atoms with E-state index in [2.05, 4.69) is 5.32 Å². The fourth-order valence-corrected chi connectivity index (χ4v) is 2.07. The molecule has 3 heteroatoms. The van der Waals surface area contributed by atoms with Crippen molar-refractivity contribution in [1.82, 2.24) is 5.32 Å². The fourth-order valence-electron chi connectivity index (χ4n) is 1.79. The molecule has 15 heavy (non-hydrogen) atoms. The molecule has 1 fully saturated rings. The minimum atomic E-state index is 0.312. The normalized spacial score (nSPS) is 17.7. The Labute approximate surface area is 95.6 Å². The van der Waals surface area contributed by atoms with Crippen LogP contribution < -0.4 is 10.1 Å². The smallest absolute Gasteiger partial charge is 0.138 e. The van der Waals surface area contributed by atoms with Crippen molar-refractivity contribution in [1.29, 1.82) is 0 Å². The summed E-state index contributed by atoms with van der Waals surface area (Å²) in [5, 5.41) is 4.03. The Hall–Kier alpha value is -0.730. The lowest BCUT2D eigenvalue weighted by atomic mass is 10.1. The summed E-state index contributed by atoms with van der Waals surface area (Å²) in [7, 11) is 0. The van der Waals surface area contributed by atoms with Gasteiger partial charge < -0.3 is 10.1 Å². The summed E-state index contributed by atoms with van der Waals surface area (Å²) < 4.78 is 5.87. The van der Waals surface area contributed by atoms with Gasteiger partial charge in [-0.15, -0.1) is 0 Å². The van der Waals surface area contributed by atoms with Gasteiger partial charge in [0.25, 0.3) is 0 Å². The summed E-state index contributed by atoms with van der Waals surface area (Å²) >= 11 is 6.11. The summed E-state index contributed by atoms with van der Waals surface area (Å²) in [6, 6.07) is 5.93. The van der Waals surface area contributed by atoms with Crippen LogP contribution in [0.25, 0.3) is 0 Å². The minimum Gasteiger partial charge on any atom is -0.489 e. The molecule has 0 saturated carbocycles. The van der Waals surface area contributed by atoms with Crippen molar-refractivity contribution in [3.05, 3.63) is 28.8 Å². The maximum atomic E-state index is 6.11. The molecule has 1 heterocycles. The number of piperidine rings is 1. The molecule has 0 spiro atoms. The Bertz CT molecular complexity index is 334. The highest BCUT2D eigenvalue weighted by Crippen LogP contribution is 2.27. The van der Waals surface area contributed by atoms with E-state index in [1.807, 2.05) is 25.1 Å². The second kappa shape index (κ2) is 4.86. The molecule has 82 valence electrons. The van der Waals surface area contributed by atoms with Crippen molar-refractivity contribution in [2.75, 3.05) is 13.1 Å². The molecule has 0 aliphatic carbocycles.